The normalized spacial score (nSPS) is 11.8. The number of aromatic nitrogens is 2. The fourth-order valence-corrected chi connectivity index (χ4v) is 5.09. The molecule has 4 rings (SSSR count). The molecule has 1 heterocycles. The molecule has 1 atom stereocenters. The number of amides is 1. The molecule has 37 heavy (non-hydrogen) atoms. The number of ether oxygens (including phenoxy) is 2. The lowest BCUT2D eigenvalue weighted by atomic mass is 10.1. The third-order valence-electron chi connectivity index (χ3n) is 6.15. The lowest BCUT2D eigenvalue weighted by Crippen LogP contribution is -2.38. The monoisotopic (exact) mass is 627 g/mol. The number of halogens is 2. The summed E-state index contributed by atoms with van der Waals surface area (Å²) in [6, 6.07) is 17.4. The molecule has 1 amide bonds. The topological polar surface area (TPSA) is 73.7 Å². The van der Waals surface area contributed by atoms with Crippen molar-refractivity contribution in [2.45, 2.75) is 26.3 Å². The van der Waals surface area contributed by atoms with E-state index in [2.05, 4.69) is 31.9 Å². The van der Waals surface area contributed by atoms with Crippen molar-refractivity contribution in [1.82, 2.24) is 14.5 Å². The highest BCUT2D eigenvalue weighted by Gasteiger charge is 2.28. The Kier molecular flexibility index (Phi) is 8.34. The van der Waals surface area contributed by atoms with Crippen LogP contribution in [0.3, 0.4) is 0 Å². The molecule has 1 aromatic heterocycles. The second-order valence-electron chi connectivity index (χ2n) is 8.47. The minimum atomic E-state index is -0.530. The van der Waals surface area contributed by atoms with E-state index in [4.69, 9.17) is 14.5 Å². The van der Waals surface area contributed by atoms with E-state index in [0.29, 0.717) is 50.5 Å². The van der Waals surface area contributed by atoms with Crippen molar-refractivity contribution in [3.63, 3.8) is 0 Å². The van der Waals surface area contributed by atoms with Crippen LogP contribution in [0.4, 0.5) is 0 Å². The Morgan fingerprint density at radius 3 is 2.41 bits per heavy atom. The van der Waals surface area contributed by atoms with E-state index >= 15 is 0 Å². The molecular formula is C28H27Br2N3O4. The van der Waals surface area contributed by atoms with Crippen molar-refractivity contribution in [3.05, 3.63) is 91.4 Å². The highest BCUT2D eigenvalue weighted by atomic mass is 79.9. The van der Waals surface area contributed by atoms with Crippen molar-refractivity contribution >= 4 is 48.7 Å². The third-order valence-corrected chi connectivity index (χ3v) is 7.48. The Labute approximate surface area is 232 Å². The molecule has 0 aliphatic heterocycles. The zero-order valence-electron chi connectivity index (χ0n) is 21.0. The molecular weight excluding hydrogens is 602 g/mol. The summed E-state index contributed by atoms with van der Waals surface area (Å²) >= 11 is 7.04. The minimum absolute atomic E-state index is 0.141. The summed E-state index contributed by atoms with van der Waals surface area (Å²) in [6.45, 7) is 4.39. The van der Waals surface area contributed by atoms with Gasteiger partial charge in [0, 0.05) is 28.7 Å². The van der Waals surface area contributed by atoms with Crippen LogP contribution >= 0.6 is 31.9 Å². The van der Waals surface area contributed by atoms with Crippen LogP contribution in [0.2, 0.25) is 0 Å². The number of carbonyl (C=O) groups excluding carboxylic acids is 1. The minimum Gasteiger partial charge on any atom is -0.497 e. The average molecular weight is 629 g/mol. The molecule has 0 aliphatic rings. The molecule has 0 N–H and O–H groups in total. The zero-order valence-corrected chi connectivity index (χ0v) is 24.2. The first-order chi connectivity index (χ1) is 17.8. The number of methoxy groups -OCH3 is 2. The summed E-state index contributed by atoms with van der Waals surface area (Å²) in [5.74, 6) is 1.31. The van der Waals surface area contributed by atoms with Crippen LogP contribution in [0, 0.1) is 0 Å². The Balaban J connectivity index is 1.98. The van der Waals surface area contributed by atoms with Crippen molar-refractivity contribution in [3.8, 4) is 17.2 Å². The third kappa shape index (κ3) is 5.29. The van der Waals surface area contributed by atoms with Crippen LogP contribution in [-0.2, 0) is 0 Å². The Hall–Kier alpha value is -3.17. The number of hydrogen-bond acceptors (Lipinski definition) is 5. The van der Waals surface area contributed by atoms with E-state index in [1.165, 1.54) is 0 Å². The smallest absolute Gasteiger partial charge is 0.266 e. The Morgan fingerprint density at radius 2 is 1.76 bits per heavy atom. The van der Waals surface area contributed by atoms with Crippen molar-refractivity contribution in [2.75, 3.05) is 20.8 Å². The van der Waals surface area contributed by atoms with Gasteiger partial charge in [0.05, 0.1) is 41.3 Å². The molecule has 0 fully saturated rings. The van der Waals surface area contributed by atoms with Gasteiger partial charge in [0.2, 0.25) is 0 Å². The van der Waals surface area contributed by atoms with Gasteiger partial charge in [0.1, 0.15) is 17.3 Å². The van der Waals surface area contributed by atoms with E-state index in [1.54, 1.807) is 66.2 Å². The van der Waals surface area contributed by atoms with Crippen LogP contribution in [0.25, 0.3) is 16.6 Å². The van der Waals surface area contributed by atoms with Gasteiger partial charge in [-0.05, 0) is 65.7 Å². The summed E-state index contributed by atoms with van der Waals surface area (Å²) in [5.41, 5.74) is 1.37. The number of nitrogens with zero attached hydrogens (tertiary/aromatic N) is 3. The van der Waals surface area contributed by atoms with Crippen LogP contribution < -0.4 is 15.0 Å². The predicted molar refractivity (Wildman–Crippen MR) is 152 cm³/mol. The van der Waals surface area contributed by atoms with Gasteiger partial charge in [-0.3, -0.25) is 14.2 Å². The fourth-order valence-electron chi connectivity index (χ4n) is 4.26. The molecule has 9 heteroatoms. The summed E-state index contributed by atoms with van der Waals surface area (Å²) < 4.78 is 14.0. The van der Waals surface area contributed by atoms with Gasteiger partial charge >= 0.3 is 0 Å². The molecule has 0 bridgehead atoms. The van der Waals surface area contributed by atoms with E-state index in [1.807, 2.05) is 32.0 Å². The quantitative estimate of drug-likeness (QED) is 0.221. The molecule has 192 valence electrons. The lowest BCUT2D eigenvalue weighted by molar-refractivity contribution is 0.0681. The van der Waals surface area contributed by atoms with Crippen LogP contribution in [0.15, 0.2) is 74.4 Å². The van der Waals surface area contributed by atoms with Crippen molar-refractivity contribution < 1.29 is 14.3 Å². The molecule has 0 spiro atoms. The van der Waals surface area contributed by atoms with Crippen molar-refractivity contribution in [2.24, 2.45) is 0 Å². The lowest BCUT2D eigenvalue weighted by Gasteiger charge is -2.31. The van der Waals surface area contributed by atoms with E-state index in [-0.39, 0.29) is 11.5 Å². The van der Waals surface area contributed by atoms with Gasteiger partial charge < -0.3 is 14.4 Å². The Bertz CT molecular complexity index is 1500. The highest BCUT2D eigenvalue weighted by Crippen LogP contribution is 2.37. The fraction of sp³-hybridized carbons (Fsp3) is 0.250. The number of fused-ring (bicyclic) bond motifs is 1. The van der Waals surface area contributed by atoms with Gasteiger partial charge in [0.25, 0.3) is 11.5 Å². The average Bonchev–Trinajstić information content (AvgIpc) is 2.92. The predicted octanol–water partition coefficient (Wildman–Crippen LogP) is 6.54. The number of carbonyl (C=O) groups is 1. The number of hydrogen-bond donors (Lipinski definition) is 0. The molecule has 7 nitrogen and oxygen atoms in total. The van der Waals surface area contributed by atoms with Crippen LogP contribution in [0.1, 0.15) is 42.5 Å². The SMILES string of the molecule is CCCN(C(=O)c1ccc(Br)cc1)C(C)c1nc2ccccc2c(=O)n1-c1cc(OC)cc(OC)c1Br. The van der Waals surface area contributed by atoms with Crippen LogP contribution in [-0.4, -0.2) is 41.1 Å². The zero-order chi connectivity index (χ0) is 26.7. The maximum absolute atomic E-state index is 14.0. The molecule has 0 saturated heterocycles. The summed E-state index contributed by atoms with van der Waals surface area (Å²) in [4.78, 5) is 34.3. The maximum atomic E-state index is 14.0. The van der Waals surface area contributed by atoms with E-state index < -0.39 is 6.04 Å². The second-order valence-corrected chi connectivity index (χ2v) is 10.2. The van der Waals surface area contributed by atoms with E-state index in [0.717, 1.165) is 10.9 Å². The van der Waals surface area contributed by atoms with Crippen LogP contribution in [0.5, 0.6) is 11.5 Å². The van der Waals surface area contributed by atoms with Gasteiger partial charge in [-0.15, -0.1) is 0 Å². The molecule has 0 aliphatic carbocycles. The van der Waals surface area contributed by atoms with Gasteiger partial charge in [-0.2, -0.15) is 0 Å². The molecule has 4 aromatic rings. The second kappa shape index (κ2) is 11.5. The number of rotatable bonds is 8. The number of benzene rings is 3. The number of para-hydroxylation sites is 1. The summed E-state index contributed by atoms with van der Waals surface area (Å²) in [6.07, 6.45) is 0.737. The van der Waals surface area contributed by atoms with Gasteiger partial charge in [-0.25, -0.2) is 4.98 Å². The first-order valence-corrected chi connectivity index (χ1v) is 13.4. The van der Waals surface area contributed by atoms with E-state index in [9.17, 15) is 9.59 Å². The first kappa shape index (κ1) is 26.9. The Morgan fingerprint density at radius 1 is 1.05 bits per heavy atom. The largest absolute Gasteiger partial charge is 0.497 e. The molecule has 0 radical (unpaired) electrons. The standard InChI is InChI=1S/C28H27Br2N3O4/c1-5-14-32(27(34)18-10-12-19(29)13-11-18)17(2)26-31-22-9-7-6-8-21(22)28(35)33(26)23-15-20(36-3)16-24(37-4)25(23)30/h6-13,15-17H,5,14H2,1-4H3. The maximum Gasteiger partial charge on any atom is 0.266 e. The molecule has 3 aromatic carbocycles. The van der Waals surface area contributed by atoms with Gasteiger partial charge in [-0.1, -0.05) is 35.0 Å². The summed E-state index contributed by atoms with van der Waals surface area (Å²) in [5, 5.41) is 0.466. The summed E-state index contributed by atoms with van der Waals surface area (Å²) in [7, 11) is 3.10. The first-order valence-electron chi connectivity index (χ1n) is 11.8. The highest BCUT2D eigenvalue weighted by molar-refractivity contribution is 9.11. The van der Waals surface area contributed by atoms with Gasteiger partial charge in [0.15, 0.2) is 0 Å². The molecule has 1 unspecified atom stereocenters. The van der Waals surface area contributed by atoms with Crippen molar-refractivity contribution in [1.29, 1.82) is 0 Å². The molecule has 0 saturated carbocycles.